The fraction of sp³-hybridized carbons (Fsp3) is 0.565. The van der Waals surface area contributed by atoms with Crippen molar-refractivity contribution in [1.29, 1.82) is 0 Å². The van der Waals surface area contributed by atoms with Crippen molar-refractivity contribution in [3.05, 3.63) is 52.9 Å². The van der Waals surface area contributed by atoms with Gasteiger partial charge in [-0.05, 0) is 52.4 Å². The lowest BCUT2D eigenvalue weighted by Crippen LogP contribution is -2.57. The number of hydrogen-bond acceptors (Lipinski definition) is 7. The minimum absolute atomic E-state index is 0.0896. The maximum absolute atomic E-state index is 14.8. The normalized spacial score (nSPS) is 23.8. The van der Waals surface area contributed by atoms with E-state index in [-0.39, 0.29) is 11.6 Å². The first-order valence-corrected chi connectivity index (χ1v) is 13.2. The van der Waals surface area contributed by atoms with Crippen molar-refractivity contribution in [2.24, 2.45) is 0 Å². The van der Waals surface area contributed by atoms with E-state index < -0.39 is 45.4 Å². The molecule has 3 heterocycles. The summed E-state index contributed by atoms with van der Waals surface area (Å²) in [5.41, 5.74) is 0.875. The molecule has 0 aliphatic carbocycles. The van der Waals surface area contributed by atoms with Gasteiger partial charge in [0.15, 0.2) is 0 Å². The van der Waals surface area contributed by atoms with Gasteiger partial charge in [0.05, 0.1) is 30.2 Å². The predicted molar refractivity (Wildman–Crippen MR) is 125 cm³/mol. The minimum Gasteiger partial charge on any atom is -0.444 e. The number of amides is 1. The molecule has 1 unspecified atom stereocenters. The molecule has 0 radical (unpaired) electrons. The fourth-order valence-corrected chi connectivity index (χ4v) is 5.79. The Labute approximate surface area is 204 Å². The van der Waals surface area contributed by atoms with Gasteiger partial charge >= 0.3 is 6.09 Å². The second-order valence-electron chi connectivity index (χ2n) is 10.3. The number of hydrogen-bond donors (Lipinski definition) is 1. The zero-order valence-corrected chi connectivity index (χ0v) is 21.3. The van der Waals surface area contributed by atoms with Crippen LogP contribution < -0.4 is 5.32 Å². The van der Waals surface area contributed by atoms with Crippen molar-refractivity contribution in [1.82, 2.24) is 24.3 Å². The number of alkyl carbamates (subject to hydrolysis) is 1. The average Bonchev–Trinajstić information content (AvgIpc) is 3.28. The highest BCUT2D eigenvalue weighted by molar-refractivity contribution is 7.89. The third kappa shape index (κ3) is 5.49. The standard InChI is InChI=1S/C23H31F2N5O4S/c1-23(2,3)34-22(31)27-19-9-16(12-28(4)21(19)17-8-15(24)6-7-18(17)25)29-11-14-10-26-30(20(14)13-29)35(5,32)33/h6-8,10,16,19,21H,9,11-13H2,1-5H3,(H,27,31)/t16-,19?,21-/m1/s1. The van der Waals surface area contributed by atoms with E-state index >= 15 is 0 Å². The number of piperidine rings is 1. The molecule has 35 heavy (non-hydrogen) atoms. The fourth-order valence-electron chi connectivity index (χ4n) is 5.00. The lowest BCUT2D eigenvalue weighted by molar-refractivity contribution is 0.0257. The van der Waals surface area contributed by atoms with Gasteiger partial charge in [-0.3, -0.25) is 9.80 Å². The van der Waals surface area contributed by atoms with E-state index in [0.717, 1.165) is 34.1 Å². The van der Waals surface area contributed by atoms with E-state index in [1.807, 2.05) is 4.90 Å². The molecule has 0 bridgehead atoms. The number of aromatic nitrogens is 2. The zero-order chi connectivity index (χ0) is 25.7. The molecule has 4 rings (SSSR count). The number of rotatable bonds is 4. The van der Waals surface area contributed by atoms with Crippen LogP contribution in [0.2, 0.25) is 0 Å². The van der Waals surface area contributed by atoms with Crippen molar-refractivity contribution in [3.8, 4) is 0 Å². The van der Waals surface area contributed by atoms with Gasteiger partial charge in [0.1, 0.15) is 17.2 Å². The van der Waals surface area contributed by atoms with E-state index in [9.17, 15) is 22.0 Å². The third-order valence-corrected chi connectivity index (χ3v) is 7.28. The second kappa shape index (κ2) is 9.14. The Morgan fingerprint density at radius 2 is 1.94 bits per heavy atom. The summed E-state index contributed by atoms with van der Waals surface area (Å²) in [4.78, 5) is 16.7. The molecule has 2 aromatic rings. The Bertz CT molecular complexity index is 1230. The molecule has 3 atom stereocenters. The predicted octanol–water partition coefficient (Wildman–Crippen LogP) is 2.62. The van der Waals surface area contributed by atoms with Gasteiger partial charge in [-0.15, -0.1) is 0 Å². The smallest absolute Gasteiger partial charge is 0.407 e. The van der Waals surface area contributed by atoms with Crippen LogP contribution in [-0.2, 0) is 27.8 Å². The van der Waals surface area contributed by atoms with Crippen molar-refractivity contribution in [3.63, 3.8) is 0 Å². The number of benzene rings is 1. The molecule has 2 aliphatic rings. The number of fused-ring (bicyclic) bond motifs is 1. The van der Waals surface area contributed by atoms with Crippen LogP contribution in [0.25, 0.3) is 0 Å². The van der Waals surface area contributed by atoms with Gasteiger partial charge in [0.2, 0.25) is 0 Å². The monoisotopic (exact) mass is 511 g/mol. The number of carbonyl (C=O) groups is 1. The molecule has 1 aromatic carbocycles. The Kier molecular flexibility index (Phi) is 6.66. The highest BCUT2D eigenvalue weighted by atomic mass is 32.2. The van der Waals surface area contributed by atoms with Gasteiger partial charge < -0.3 is 10.1 Å². The molecule has 1 amide bonds. The molecular weight excluding hydrogens is 480 g/mol. The maximum Gasteiger partial charge on any atom is 0.407 e. The maximum atomic E-state index is 14.8. The van der Waals surface area contributed by atoms with Crippen molar-refractivity contribution in [2.45, 2.75) is 64.0 Å². The Morgan fingerprint density at radius 1 is 1.23 bits per heavy atom. The number of likely N-dealkylation sites (N-methyl/N-ethyl adjacent to an activating group) is 1. The molecular formula is C23H31F2N5O4S. The van der Waals surface area contributed by atoms with Crippen LogP contribution in [0.1, 0.15) is 50.1 Å². The molecule has 2 aliphatic heterocycles. The highest BCUT2D eigenvalue weighted by Crippen LogP contribution is 2.36. The SMILES string of the molecule is CN1C[C@H](N2Cc3cnn(S(C)(=O)=O)c3C2)CC(NC(=O)OC(C)(C)C)[C@H]1c1cc(F)ccc1F. The van der Waals surface area contributed by atoms with E-state index in [2.05, 4.69) is 15.3 Å². The first-order chi connectivity index (χ1) is 16.2. The Morgan fingerprint density at radius 3 is 2.60 bits per heavy atom. The van der Waals surface area contributed by atoms with Crippen LogP contribution in [0.15, 0.2) is 24.4 Å². The quantitative estimate of drug-likeness (QED) is 0.674. The molecule has 9 nitrogen and oxygen atoms in total. The van der Waals surface area contributed by atoms with Crippen LogP contribution in [0.4, 0.5) is 13.6 Å². The van der Waals surface area contributed by atoms with Gasteiger partial charge in [-0.1, -0.05) is 0 Å². The number of nitrogens with one attached hydrogen (secondary N) is 1. The molecule has 1 saturated heterocycles. The second-order valence-corrected chi connectivity index (χ2v) is 12.1. The summed E-state index contributed by atoms with van der Waals surface area (Å²) in [6.07, 6.45) is 2.46. The first-order valence-electron chi connectivity index (χ1n) is 11.4. The van der Waals surface area contributed by atoms with E-state index in [4.69, 9.17) is 4.74 Å². The van der Waals surface area contributed by atoms with Crippen LogP contribution in [-0.4, -0.2) is 71.0 Å². The average molecular weight is 512 g/mol. The largest absolute Gasteiger partial charge is 0.444 e. The molecule has 1 N–H and O–H groups in total. The topological polar surface area (TPSA) is 96.8 Å². The summed E-state index contributed by atoms with van der Waals surface area (Å²) in [7, 11) is -1.73. The third-order valence-electron chi connectivity index (χ3n) is 6.34. The number of halogens is 2. The van der Waals surface area contributed by atoms with E-state index in [1.165, 1.54) is 0 Å². The van der Waals surface area contributed by atoms with Gasteiger partial charge in [-0.2, -0.15) is 9.19 Å². The van der Waals surface area contributed by atoms with Gasteiger partial charge in [0, 0.05) is 36.8 Å². The summed E-state index contributed by atoms with van der Waals surface area (Å²) in [6.45, 7) is 6.63. The number of likely N-dealkylation sites (tertiary alicyclic amines) is 1. The summed E-state index contributed by atoms with van der Waals surface area (Å²) in [5.74, 6) is -1.12. The minimum atomic E-state index is -3.53. The Balaban J connectivity index is 1.60. The van der Waals surface area contributed by atoms with E-state index in [0.29, 0.717) is 31.7 Å². The summed E-state index contributed by atoms with van der Waals surface area (Å²) in [6, 6.07) is 2.02. The molecule has 12 heteroatoms. The summed E-state index contributed by atoms with van der Waals surface area (Å²) >= 11 is 0. The zero-order valence-electron chi connectivity index (χ0n) is 20.5. The van der Waals surface area contributed by atoms with Crippen molar-refractivity contribution in [2.75, 3.05) is 19.8 Å². The first kappa shape index (κ1) is 25.5. The molecule has 192 valence electrons. The van der Waals surface area contributed by atoms with Crippen LogP contribution >= 0.6 is 0 Å². The Hall–Kier alpha value is -2.57. The van der Waals surface area contributed by atoms with Gasteiger partial charge in [0.25, 0.3) is 10.0 Å². The molecule has 1 aromatic heterocycles. The molecule has 0 spiro atoms. The summed E-state index contributed by atoms with van der Waals surface area (Å²) in [5, 5.41) is 6.88. The molecule has 1 fully saturated rings. The van der Waals surface area contributed by atoms with Crippen LogP contribution in [0.5, 0.6) is 0 Å². The molecule has 0 saturated carbocycles. The van der Waals surface area contributed by atoms with Crippen LogP contribution in [0.3, 0.4) is 0 Å². The highest BCUT2D eigenvalue weighted by Gasteiger charge is 2.42. The number of nitrogens with zero attached hydrogens (tertiary/aromatic N) is 4. The van der Waals surface area contributed by atoms with Crippen molar-refractivity contribution >= 4 is 16.1 Å². The van der Waals surface area contributed by atoms with Crippen molar-refractivity contribution < 1.29 is 26.7 Å². The lowest BCUT2D eigenvalue weighted by Gasteiger charge is -2.46. The van der Waals surface area contributed by atoms with Crippen LogP contribution in [0, 0.1) is 11.6 Å². The number of carbonyl (C=O) groups excluding carboxylic acids is 1. The van der Waals surface area contributed by atoms with Gasteiger partial charge in [-0.25, -0.2) is 22.0 Å². The number of ether oxygens (including phenoxy) is 1. The summed E-state index contributed by atoms with van der Waals surface area (Å²) < 4.78 is 59.5. The van der Waals surface area contributed by atoms with E-state index in [1.54, 1.807) is 34.0 Å². The lowest BCUT2D eigenvalue weighted by atomic mass is 9.87.